The summed E-state index contributed by atoms with van der Waals surface area (Å²) in [5, 5.41) is 3.23. The van der Waals surface area contributed by atoms with Crippen molar-refractivity contribution in [2.75, 3.05) is 0 Å². The second-order valence-electron chi connectivity index (χ2n) is 5.77. The van der Waals surface area contributed by atoms with Crippen molar-refractivity contribution in [3.05, 3.63) is 70.1 Å². The van der Waals surface area contributed by atoms with Crippen LogP contribution in [-0.4, -0.2) is 19.5 Å². The molecular formula is C19H16N4OS2. The number of hydrogen-bond donors (Lipinski definition) is 0. The molecule has 5 nitrogen and oxygen atoms in total. The van der Waals surface area contributed by atoms with Gasteiger partial charge in [-0.3, -0.25) is 9.36 Å². The highest BCUT2D eigenvalue weighted by atomic mass is 32.2. The molecule has 0 amide bonds. The van der Waals surface area contributed by atoms with Crippen LogP contribution in [0, 0.1) is 6.92 Å². The van der Waals surface area contributed by atoms with E-state index in [1.807, 2.05) is 42.6 Å². The lowest BCUT2D eigenvalue weighted by molar-refractivity contribution is 0.672. The summed E-state index contributed by atoms with van der Waals surface area (Å²) in [4.78, 5) is 27.5. The van der Waals surface area contributed by atoms with Crippen molar-refractivity contribution in [2.24, 2.45) is 0 Å². The number of fused-ring (bicyclic) bond motifs is 2. The Morgan fingerprint density at radius 3 is 2.73 bits per heavy atom. The molecule has 0 aliphatic carbocycles. The van der Waals surface area contributed by atoms with Crippen LogP contribution >= 0.6 is 23.1 Å². The minimum absolute atomic E-state index is 0.0278. The molecule has 7 heteroatoms. The van der Waals surface area contributed by atoms with Crippen LogP contribution in [0.15, 0.2) is 58.3 Å². The van der Waals surface area contributed by atoms with Gasteiger partial charge in [-0.15, -0.1) is 17.9 Å². The highest BCUT2D eigenvalue weighted by Crippen LogP contribution is 2.25. The van der Waals surface area contributed by atoms with Crippen LogP contribution in [0.25, 0.3) is 21.3 Å². The topological polar surface area (TPSA) is 60.7 Å². The van der Waals surface area contributed by atoms with Gasteiger partial charge in [0.15, 0.2) is 5.16 Å². The Bertz CT molecular complexity index is 1180. The van der Waals surface area contributed by atoms with Crippen molar-refractivity contribution >= 4 is 44.3 Å². The third kappa shape index (κ3) is 3.04. The fourth-order valence-electron chi connectivity index (χ4n) is 2.72. The van der Waals surface area contributed by atoms with Gasteiger partial charge in [0, 0.05) is 12.3 Å². The number of para-hydroxylation sites is 2. The summed E-state index contributed by atoms with van der Waals surface area (Å²) in [6.45, 7) is 6.15. The fraction of sp³-hybridized carbons (Fsp3) is 0.158. The largest absolute Gasteiger partial charge is 0.283 e. The van der Waals surface area contributed by atoms with Crippen LogP contribution in [0.5, 0.6) is 0 Å². The Morgan fingerprint density at radius 2 is 1.96 bits per heavy atom. The van der Waals surface area contributed by atoms with E-state index in [2.05, 4.69) is 16.5 Å². The molecule has 1 aromatic carbocycles. The number of rotatable bonds is 5. The smallest absolute Gasteiger partial charge is 0.263 e. The van der Waals surface area contributed by atoms with E-state index in [1.165, 1.54) is 23.1 Å². The maximum atomic E-state index is 12.7. The van der Waals surface area contributed by atoms with Crippen LogP contribution in [0.3, 0.4) is 0 Å². The van der Waals surface area contributed by atoms with Gasteiger partial charge in [0.05, 0.1) is 27.8 Å². The minimum Gasteiger partial charge on any atom is -0.283 e. The number of thiophene rings is 1. The standard InChI is InChI=1S/C19H16N4OS2/c1-3-9-23-18(24)13-8-10-25-17(13)22-19(23)26-11-16-12(2)20-14-6-4-5-7-15(14)21-16/h3-8,10H,1,9,11H2,2H3. The summed E-state index contributed by atoms with van der Waals surface area (Å²) >= 11 is 2.98. The molecule has 26 heavy (non-hydrogen) atoms. The summed E-state index contributed by atoms with van der Waals surface area (Å²) in [5.74, 6) is 0.601. The molecule has 0 atom stereocenters. The number of aromatic nitrogens is 4. The van der Waals surface area contributed by atoms with Gasteiger partial charge in [0.2, 0.25) is 0 Å². The zero-order valence-electron chi connectivity index (χ0n) is 14.2. The van der Waals surface area contributed by atoms with Gasteiger partial charge in [0.25, 0.3) is 5.56 Å². The van der Waals surface area contributed by atoms with E-state index in [-0.39, 0.29) is 5.56 Å². The van der Waals surface area contributed by atoms with Gasteiger partial charge in [0.1, 0.15) is 4.83 Å². The average molecular weight is 380 g/mol. The second-order valence-corrected chi connectivity index (χ2v) is 7.61. The van der Waals surface area contributed by atoms with Gasteiger partial charge < -0.3 is 0 Å². The highest BCUT2D eigenvalue weighted by molar-refractivity contribution is 7.98. The third-order valence-corrected chi connectivity index (χ3v) is 5.84. The summed E-state index contributed by atoms with van der Waals surface area (Å²) in [7, 11) is 0. The lowest BCUT2D eigenvalue weighted by atomic mass is 10.2. The lowest BCUT2D eigenvalue weighted by Gasteiger charge is -2.11. The van der Waals surface area contributed by atoms with Crippen LogP contribution in [-0.2, 0) is 12.3 Å². The molecule has 130 valence electrons. The number of aryl methyl sites for hydroxylation is 1. The molecule has 0 bridgehead atoms. The molecular weight excluding hydrogens is 364 g/mol. The van der Waals surface area contributed by atoms with Gasteiger partial charge in [-0.1, -0.05) is 30.0 Å². The summed E-state index contributed by atoms with van der Waals surface area (Å²) in [5.41, 5.74) is 3.53. The molecule has 3 heterocycles. The maximum Gasteiger partial charge on any atom is 0.263 e. The fourth-order valence-corrected chi connectivity index (χ4v) is 4.55. The van der Waals surface area contributed by atoms with Gasteiger partial charge in [-0.25, -0.2) is 15.0 Å². The lowest BCUT2D eigenvalue weighted by Crippen LogP contribution is -2.22. The molecule has 4 rings (SSSR count). The summed E-state index contributed by atoms with van der Waals surface area (Å²) < 4.78 is 1.66. The van der Waals surface area contributed by atoms with Crippen molar-refractivity contribution in [1.29, 1.82) is 0 Å². The quantitative estimate of drug-likeness (QED) is 0.295. The van der Waals surface area contributed by atoms with E-state index in [0.717, 1.165) is 27.3 Å². The third-order valence-electron chi connectivity index (χ3n) is 4.04. The molecule has 0 radical (unpaired) electrons. The SMILES string of the molecule is C=CCn1c(SCc2nc3ccccc3nc2C)nc2sccc2c1=O. The van der Waals surface area contributed by atoms with Crippen molar-refractivity contribution < 1.29 is 0 Å². The molecule has 0 N–H and O–H groups in total. The first-order valence-corrected chi connectivity index (χ1v) is 9.98. The van der Waals surface area contributed by atoms with E-state index >= 15 is 0 Å². The molecule has 0 fully saturated rings. The van der Waals surface area contributed by atoms with Crippen LogP contribution in [0.4, 0.5) is 0 Å². The summed E-state index contributed by atoms with van der Waals surface area (Å²) in [6.07, 6.45) is 1.71. The molecule has 0 aliphatic rings. The van der Waals surface area contributed by atoms with Crippen molar-refractivity contribution in [1.82, 2.24) is 19.5 Å². The average Bonchev–Trinajstić information content (AvgIpc) is 3.11. The van der Waals surface area contributed by atoms with E-state index in [4.69, 9.17) is 4.98 Å². The van der Waals surface area contributed by atoms with E-state index in [9.17, 15) is 4.79 Å². The Hall–Kier alpha value is -2.51. The highest BCUT2D eigenvalue weighted by Gasteiger charge is 2.13. The predicted octanol–water partition coefficient (Wildman–Crippen LogP) is 4.19. The number of hydrogen-bond acceptors (Lipinski definition) is 6. The first kappa shape index (κ1) is 16.9. The van der Waals surface area contributed by atoms with Crippen molar-refractivity contribution in [3.8, 4) is 0 Å². The van der Waals surface area contributed by atoms with E-state index < -0.39 is 0 Å². The van der Waals surface area contributed by atoms with Crippen molar-refractivity contribution in [3.63, 3.8) is 0 Å². The Kier molecular flexibility index (Phi) is 4.57. The number of benzene rings is 1. The maximum absolute atomic E-state index is 12.7. The number of thioether (sulfide) groups is 1. The van der Waals surface area contributed by atoms with Crippen molar-refractivity contribution in [2.45, 2.75) is 24.4 Å². The summed E-state index contributed by atoms with van der Waals surface area (Å²) in [6, 6.07) is 9.65. The normalized spacial score (nSPS) is 11.3. The first-order chi connectivity index (χ1) is 12.7. The second kappa shape index (κ2) is 7.01. The zero-order valence-corrected chi connectivity index (χ0v) is 15.8. The number of nitrogens with zero attached hydrogens (tertiary/aromatic N) is 4. The monoisotopic (exact) mass is 380 g/mol. The van der Waals surface area contributed by atoms with Crippen LogP contribution in [0.2, 0.25) is 0 Å². The molecule has 0 saturated heterocycles. The van der Waals surface area contributed by atoms with Gasteiger partial charge in [-0.2, -0.15) is 0 Å². The molecule has 0 saturated carbocycles. The van der Waals surface area contributed by atoms with Gasteiger partial charge >= 0.3 is 0 Å². The molecule has 4 aromatic rings. The predicted molar refractivity (Wildman–Crippen MR) is 108 cm³/mol. The molecule has 0 aliphatic heterocycles. The molecule has 3 aromatic heterocycles. The van der Waals surface area contributed by atoms with E-state index in [1.54, 1.807) is 10.6 Å². The molecule has 0 unspecified atom stereocenters. The Labute approximate surface area is 158 Å². The van der Waals surface area contributed by atoms with Gasteiger partial charge in [-0.05, 0) is 30.5 Å². The number of allylic oxidation sites excluding steroid dienone is 1. The van der Waals surface area contributed by atoms with E-state index in [0.29, 0.717) is 22.8 Å². The van der Waals surface area contributed by atoms with Crippen LogP contribution < -0.4 is 5.56 Å². The Morgan fingerprint density at radius 1 is 1.19 bits per heavy atom. The van der Waals surface area contributed by atoms with Crippen LogP contribution in [0.1, 0.15) is 11.4 Å². The Balaban J connectivity index is 1.71. The first-order valence-electron chi connectivity index (χ1n) is 8.11. The molecule has 0 spiro atoms. The minimum atomic E-state index is -0.0278. The zero-order chi connectivity index (χ0) is 18.1.